The Hall–Kier alpha value is -2.62. The monoisotopic (exact) mass is 268 g/mol. The van der Waals surface area contributed by atoms with Gasteiger partial charge in [0, 0.05) is 24.2 Å². The van der Waals surface area contributed by atoms with Crippen molar-refractivity contribution in [3.05, 3.63) is 72.1 Å². The lowest BCUT2D eigenvalue weighted by molar-refractivity contribution is 0.0963. The number of allylic oxidation sites excluding steroid dienone is 2. The SMILES string of the molecule is C=CCNC1=C(NCC=C)C(=O)c2ccccc2C1=O. The van der Waals surface area contributed by atoms with Crippen molar-refractivity contribution >= 4 is 11.6 Å². The van der Waals surface area contributed by atoms with Crippen LogP contribution < -0.4 is 10.6 Å². The second-order valence-corrected chi connectivity index (χ2v) is 4.29. The largest absolute Gasteiger partial charge is 0.377 e. The van der Waals surface area contributed by atoms with E-state index in [4.69, 9.17) is 0 Å². The fourth-order valence-electron chi connectivity index (χ4n) is 2.06. The minimum absolute atomic E-state index is 0.186. The van der Waals surface area contributed by atoms with Crippen LogP contribution in [0.4, 0.5) is 0 Å². The molecule has 4 nitrogen and oxygen atoms in total. The molecule has 1 aromatic rings. The second-order valence-electron chi connectivity index (χ2n) is 4.29. The summed E-state index contributed by atoms with van der Waals surface area (Å²) in [6.07, 6.45) is 3.27. The predicted molar refractivity (Wildman–Crippen MR) is 78.5 cm³/mol. The molecule has 0 heterocycles. The molecular formula is C16H16N2O2. The molecule has 0 amide bonds. The Morgan fingerprint density at radius 2 is 1.25 bits per heavy atom. The van der Waals surface area contributed by atoms with Gasteiger partial charge in [-0.05, 0) is 0 Å². The van der Waals surface area contributed by atoms with Crippen molar-refractivity contribution < 1.29 is 9.59 Å². The molecule has 0 aliphatic heterocycles. The van der Waals surface area contributed by atoms with Gasteiger partial charge in [0.1, 0.15) is 11.4 Å². The first kappa shape index (κ1) is 13.8. The molecule has 0 radical (unpaired) electrons. The summed E-state index contributed by atoms with van der Waals surface area (Å²) in [6.45, 7) is 8.03. The van der Waals surface area contributed by atoms with Gasteiger partial charge in [-0.1, -0.05) is 36.4 Å². The van der Waals surface area contributed by atoms with Crippen molar-refractivity contribution in [1.29, 1.82) is 0 Å². The third kappa shape index (κ3) is 2.40. The first-order valence-corrected chi connectivity index (χ1v) is 6.33. The zero-order chi connectivity index (χ0) is 14.5. The van der Waals surface area contributed by atoms with E-state index >= 15 is 0 Å². The van der Waals surface area contributed by atoms with E-state index in [1.165, 1.54) is 0 Å². The van der Waals surface area contributed by atoms with E-state index in [0.29, 0.717) is 24.2 Å². The Morgan fingerprint density at radius 3 is 1.60 bits per heavy atom. The van der Waals surface area contributed by atoms with Crippen LogP contribution in [0.15, 0.2) is 61.0 Å². The molecule has 4 heteroatoms. The van der Waals surface area contributed by atoms with Gasteiger partial charge in [0.15, 0.2) is 0 Å². The Kier molecular flexibility index (Phi) is 4.15. The molecule has 2 rings (SSSR count). The van der Waals surface area contributed by atoms with E-state index in [1.807, 2.05) is 0 Å². The third-order valence-corrected chi connectivity index (χ3v) is 2.97. The number of carbonyl (C=O) groups excluding carboxylic acids is 2. The van der Waals surface area contributed by atoms with Crippen molar-refractivity contribution in [1.82, 2.24) is 10.6 Å². The maximum atomic E-state index is 12.5. The summed E-state index contributed by atoms with van der Waals surface area (Å²) in [5.74, 6) is -0.373. The van der Waals surface area contributed by atoms with Crippen molar-refractivity contribution in [3.8, 4) is 0 Å². The van der Waals surface area contributed by atoms with Gasteiger partial charge in [-0.3, -0.25) is 9.59 Å². The zero-order valence-corrected chi connectivity index (χ0v) is 11.1. The van der Waals surface area contributed by atoms with Gasteiger partial charge in [-0.15, -0.1) is 13.2 Å². The highest BCUT2D eigenvalue weighted by molar-refractivity contribution is 6.26. The summed E-state index contributed by atoms with van der Waals surface area (Å²) in [5, 5.41) is 5.89. The van der Waals surface area contributed by atoms with Crippen LogP contribution in [-0.2, 0) is 0 Å². The predicted octanol–water partition coefficient (Wildman–Crippen LogP) is 1.83. The number of benzene rings is 1. The Balaban J connectivity index is 2.48. The average Bonchev–Trinajstić information content (AvgIpc) is 2.48. The van der Waals surface area contributed by atoms with Crippen molar-refractivity contribution in [3.63, 3.8) is 0 Å². The molecule has 0 saturated heterocycles. The van der Waals surface area contributed by atoms with Crippen LogP contribution in [0.25, 0.3) is 0 Å². The summed E-state index contributed by atoms with van der Waals surface area (Å²) in [6, 6.07) is 6.82. The highest BCUT2D eigenvalue weighted by Crippen LogP contribution is 2.23. The van der Waals surface area contributed by atoms with Crippen LogP contribution in [-0.4, -0.2) is 24.7 Å². The fourth-order valence-corrected chi connectivity index (χ4v) is 2.06. The van der Waals surface area contributed by atoms with Crippen molar-refractivity contribution in [2.45, 2.75) is 0 Å². The lowest BCUT2D eigenvalue weighted by Gasteiger charge is -2.22. The second kappa shape index (κ2) is 6.02. The minimum atomic E-state index is -0.186. The number of rotatable bonds is 6. The van der Waals surface area contributed by atoms with Gasteiger partial charge in [0.05, 0.1) is 0 Å². The number of fused-ring (bicyclic) bond motifs is 1. The Labute approximate surface area is 117 Å². The summed E-state index contributed by atoms with van der Waals surface area (Å²) < 4.78 is 0. The van der Waals surface area contributed by atoms with E-state index < -0.39 is 0 Å². The topological polar surface area (TPSA) is 58.2 Å². The molecule has 1 aliphatic rings. The molecule has 0 unspecified atom stereocenters. The molecule has 2 N–H and O–H groups in total. The third-order valence-electron chi connectivity index (χ3n) is 2.97. The zero-order valence-electron chi connectivity index (χ0n) is 11.1. The van der Waals surface area contributed by atoms with Gasteiger partial charge < -0.3 is 10.6 Å². The van der Waals surface area contributed by atoms with Crippen LogP contribution in [0.1, 0.15) is 20.7 Å². The van der Waals surface area contributed by atoms with Crippen molar-refractivity contribution in [2.24, 2.45) is 0 Å². The minimum Gasteiger partial charge on any atom is -0.377 e. The van der Waals surface area contributed by atoms with E-state index in [9.17, 15) is 9.59 Å². The molecular weight excluding hydrogens is 252 g/mol. The van der Waals surface area contributed by atoms with Crippen LogP contribution in [0.3, 0.4) is 0 Å². The Bertz CT molecular complexity index is 562. The van der Waals surface area contributed by atoms with Gasteiger partial charge in [0.2, 0.25) is 11.6 Å². The molecule has 102 valence electrons. The first-order valence-electron chi connectivity index (χ1n) is 6.33. The molecule has 0 atom stereocenters. The maximum absolute atomic E-state index is 12.5. The number of ketones is 2. The lowest BCUT2D eigenvalue weighted by Crippen LogP contribution is -2.36. The van der Waals surface area contributed by atoms with Crippen LogP contribution >= 0.6 is 0 Å². The maximum Gasteiger partial charge on any atom is 0.211 e. The molecule has 0 aromatic heterocycles. The fraction of sp³-hybridized carbons (Fsp3) is 0.125. The van der Waals surface area contributed by atoms with Crippen LogP contribution in [0, 0.1) is 0 Å². The van der Waals surface area contributed by atoms with Gasteiger partial charge in [-0.25, -0.2) is 0 Å². The molecule has 20 heavy (non-hydrogen) atoms. The lowest BCUT2D eigenvalue weighted by atomic mass is 9.90. The van der Waals surface area contributed by atoms with Crippen molar-refractivity contribution in [2.75, 3.05) is 13.1 Å². The average molecular weight is 268 g/mol. The summed E-state index contributed by atoms with van der Waals surface area (Å²) in [4.78, 5) is 24.9. The smallest absolute Gasteiger partial charge is 0.211 e. The molecule has 0 saturated carbocycles. The first-order chi connectivity index (χ1) is 9.70. The molecule has 1 aliphatic carbocycles. The number of Topliss-reactive ketones (excluding diaryl/α,β-unsaturated/α-hetero) is 2. The van der Waals surface area contributed by atoms with E-state index in [2.05, 4.69) is 23.8 Å². The number of nitrogens with one attached hydrogen (secondary N) is 2. The highest BCUT2D eigenvalue weighted by atomic mass is 16.1. The van der Waals surface area contributed by atoms with Gasteiger partial charge >= 0.3 is 0 Å². The van der Waals surface area contributed by atoms with Gasteiger partial charge in [0.25, 0.3) is 0 Å². The van der Waals surface area contributed by atoms with E-state index in [1.54, 1.807) is 36.4 Å². The Morgan fingerprint density at radius 1 is 0.850 bits per heavy atom. The summed E-state index contributed by atoms with van der Waals surface area (Å²) in [7, 11) is 0. The summed E-state index contributed by atoms with van der Waals surface area (Å²) in [5.41, 5.74) is 1.42. The standard InChI is InChI=1S/C16H16N2O2/c1-3-9-17-13-14(18-10-4-2)16(20)12-8-6-5-7-11(12)15(13)19/h3-8,17-18H,1-2,9-10H2. The van der Waals surface area contributed by atoms with E-state index in [0.717, 1.165) is 0 Å². The quantitative estimate of drug-likeness (QED) is 0.773. The van der Waals surface area contributed by atoms with E-state index in [-0.39, 0.29) is 23.0 Å². The molecule has 1 aromatic carbocycles. The van der Waals surface area contributed by atoms with Crippen LogP contribution in [0.2, 0.25) is 0 Å². The number of hydrogen-bond acceptors (Lipinski definition) is 4. The number of hydrogen-bond donors (Lipinski definition) is 2. The normalized spacial score (nSPS) is 13.8. The summed E-state index contributed by atoms with van der Waals surface area (Å²) >= 11 is 0. The van der Waals surface area contributed by atoms with Crippen LogP contribution in [0.5, 0.6) is 0 Å². The number of carbonyl (C=O) groups is 2. The van der Waals surface area contributed by atoms with Gasteiger partial charge in [-0.2, -0.15) is 0 Å². The molecule has 0 fully saturated rings. The molecule has 0 spiro atoms. The molecule has 0 bridgehead atoms. The highest BCUT2D eigenvalue weighted by Gasteiger charge is 2.31.